The fourth-order valence-electron chi connectivity index (χ4n) is 4.16. The second kappa shape index (κ2) is 10.4. The van der Waals surface area contributed by atoms with E-state index in [4.69, 9.17) is 4.74 Å². The van der Waals surface area contributed by atoms with Crippen LogP contribution in [0.3, 0.4) is 0 Å². The summed E-state index contributed by atoms with van der Waals surface area (Å²) < 4.78 is 33.1. The number of amides is 1. The molecule has 2 aromatic carbocycles. The molecule has 0 aromatic heterocycles. The van der Waals surface area contributed by atoms with Gasteiger partial charge >= 0.3 is 0 Å². The molecule has 0 spiro atoms. The van der Waals surface area contributed by atoms with Gasteiger partial charge in [-0.3, -0.25) is 4.79 Å². The highest BCUT2D eigenvalue weighted by atomic mass is 32.2. The summed E-state index contributed by atoms with van der Waals surface area (Å²) in [5, 5.41) is 2.90. The number of hydrogen-bond donors (Lipinski definition) is 1. The van der Waals surface area contributed by atoms with Crippen molar-refractivity contribution in [1.82, 2.24) is 4.31 Å². The Bertz CT molecular complexity index is 1030. The molecule has 4 rings (SSSR count). The number of ether oxygens (including phenoxy) is 1. The van der Waals surface area contributed by atoms with Crippen LogP contribution in [0.5, 0.6) is 0 Å². The van der Waals surface area contributed by atoms with Crippen molar-refractivity contribution in [2.24, 2.45) is 5.92 Å². The highest BCUT2D eigenvalue weighted by molar-refractivity contribution is 7.99. The van der Waals surface area contributed by atoms with Crippen LogP contribution >= 0.6 is 11.8 Å². The summed E-state index contributed by atoms with van der Waals surface area (Å²) in [6, 6.07) is 14.0. The van der Waals surface area contributed by atoms with Gasteiger partial charge in [-0.25, -0.2) is 8.42 Å². The quantitative estimate of drug-likeness (QED) is 0.592. The lowest BCUT2D eigenvalue weighted by Crippen LogP contribution is -2.39. The molecule has 2 atom stereocenters. The lowest BCUT2D eigenvalue weighted by atomic mass is 10.0. The summed E-state index contributed by atoms with van der Waals surface area (Å²) in [5.41, 5.74) is 1.18. The van der Waals surface area contributed by atoms with Crippen LogP contribution in [0.2, 0.25) is 0 Å². The van der Waals surface area contributed by atoms with Crippen LogP contribution < -0.4 is 5.32 Å². The molecule has 0 aliphatic carbocycles. The van der Waals surface area contributed by atoms with Gasteiger partial charge < -0.3 is 10.1 Å². The first-order chi connectivity index (χ1) is 15.4. The SMILES string of the molecule is C[C@H]1CCCN(S(=O)(=O)c2ccc(NC(=O)c3ccccc3SC[C@H]3CCCO3)cc2)C1. The Labute approximate surface area is 194 Å². The van der Waals surface area contributed by atoms with Crippen LogP contribution in [0.25, 0.3) is 0 Å². The first-order valence-corrected chi connectivity index (χ1v) is 13.6. The number of rotatable bonds is 7. The van der Waals surface area contributed by atoms with Crippen molar-refractivity contribution < 1.29 is 17.9 Å². The highest BCUT2D eigenvalue weighted by Crippen LogP contribution is 2.28. The lowest BCUT2D eigenvalue weighted by molar-refractivity contribution is 0.102. The topological polar surface area (TPSA) is 75.7 Å². The molecule has 6 nitrogen and oxygen atoms in total. The van der Waals surface area contributed by atoms with Gasteiger partial charge in [0.05, 0.1) is 16.6 Å². The van der Waals surface area contributed by atoms with E-state index < -0.39 is 10.0 Å². The van der Waals surface area contributed by atoms with Crippen LogP contribution in [-0.2, 0) is 14.8 Å². The Morgan fingerprint density at radius 3 is 2.62 bits per heavy atom. The minimum absolute atomic E-state index is 0.207. The molecule has 2 heterocycles. The van der Waals surface area contributed by atoms with E-state index >= 15 is 0 Å². The maximum absolute atomic E-state index is 12.9. The van der Waals surface area contributed by atoms with Crippen molar-refractivity contribution in [1.29, 1.82) is 0 Å². The molecule has 2 aromatic rings. The Morgan fingerprint density at radius 2 is 1.91 bits per heavy atom. The van der Waals surface area contributed by atoms with Gasteiger partial charge in [0.25, 0.3) is 5.91 Å². The van der Waals surface area contributed by atoms with Crippen molar-refractivity contribution in [3.63, 3.8) is 0 Å². The molecule has 2 saturated heterocycles. The van der Waals surface area contributed by atoms with Crippen molar-refractivity contribution in [3.05, 3.63) is 54.1 Å². The molecule has 2 aliphatic heterocycles. The van der Waals surface area contributed by atoms with Gasteiger partial charge in [-0.1, -0.05) is 19.1 Å². The number of sulfonamides is 1. The van der Waals surface area contributed by atoms with E-state index in [-0.39, 0.29) is 16.9 Å². The van der Waals surface area contributed by atoms with Crippen molar-refractivity contribution >= 4 is 33.4 Å². The minimum atomic E-state index is -3.51. The van der Waals surface area contributed by atoms with Crippen LogP contribution in [0.15, 0.2) is 58.3 Å². The molecule has 0 unspecified atom stereocenters. The number of nitrogens with zero attached hydrogens (tertiary/aromatic N) is 1. The zero-order chi connectivity index (χ0) is 22.6. The van der Waals surface area contributed by atoms with Crippen LogP contribution in [-0.4, -0.2) is 50.2 Å². The number of thioether (sulfide) groups is 1. The number of piperidine rings is 1. The van der Waals surface area contributed by atoms with E-state index in [1.54, 1.807) is 40.3 Å². The predicted octanol–water partition coefficient (Wildman–Crippen LogP) is 4.63. The number of benzene rings is 2. The normalized spacial score (nSPS) is 22.0. The van der Waals surface area contributed by atoms with Crippen molar-refractivity contribution in [3.8, 4) is 0 Å². The predicted molar refractivity (Wildman–Crippen MR) is 128 cm³/mol. The van der Waals surface area contributed by atoms with E-state index in [2.05, 4.69) is 12.2 Å². The van der Waals surface area contributed by atoms with Gasteiger partial charge in [0.15, 0.2) is 0 Å². The third kappa shape index (κ3) is 5.54. The van der Waals surface area contributed by atoms with E-state index in [1.807, 2.05) is 24.3 Å². The number of anilines is 1. The Balaban J connectivity index is 1.42. The first-order valence-electron chi connectivity index (χ1n) is 11.2. The summed E-state index contributed by atoms with van der Waals surface area (Å²) in [6.07, 6.45) is 4.35. The zero-order valence-corrected chi connectivity index (χ0v) is 20.0. The van der Waals surface area contributed by atoms with Crippen LogP contribution in [0.4, 0.5) is 5.69 Å². The minimum Gasteiger partial charge on any atom is -0.377 e. The lowest BCUT2D eigenvalue weighted by Gasteiger charge is -2.30. The second-order valence-electron chi connectivity index (χ2n) is 8.53. The molecular formula is C24H30N2O4S2. The van der Waals surface area contributed by atoms with Gasteiger partial charge in [0.2, 0.25) is 10.0 Å². The zero-order valence-electron chi connectivity index (χ0n) is 18.3. The fourth-order valence-corrected chi connectivity index (χ4v) is 6.88. The standard InChI is InChI=1S/C24H30N2O4S2/c1-18-6-4-14-26(16-18)32(28,29)21-12-10-19(11-13-21)25-24(27)22-8-2-3-9-23(22)31-17-20-7-5-15-30-20/h2-3,8-13,18,20H,4-7,14-17H2,1H3,(H,25,27)/t18-,20+/m0/s1. The largest absolute Gasteiger partial charge is 0.377 e. The Morgan fingerprint density at radius 1 is 1.12 bits per heavy atom. The van der Waals surface area contributed by atoms with Gasteiger partial charge in [0, 0.05) is 36.0 Å². The fraction of sp³-hybridized carbons (Fsp3) is 0.458. The van der Waals surface area contributed by atoms with Crippen molar-refractivity contribution in [2.75, 3.05) is 30.8 Å². The molecule has 32 heavy (non-hydrogen) atoms. The number of hydrogen-bond acceptors (Lipinski definition) is 5. The molecule has 2 aliphatic rings. The molecule has 1 amide bonds. The number of nitrogens with one attached hydrogen (secondary N) is 1. The number of carbonyl (C=O) groups is 1. The van der Waals surface area contributed by atoms with E-state index in [0.29, 0.717) is 30.3 Å². The highest BCUT2D eigenvalue weighted by Gasteiger charge is 2.28. The maximum atomic E-state index is 12.9. The van der Waals surface area contributed by atoms with Gasteiger partial charge in [-0.15, -0.1) is 11.8 Å². The maximum Gasteiger partial charge on any atom is 0.256 e. The molecule has 2 fully saturated rings. The molecular weight excluding hydrogens is 444 g/mol. The summed E-state index contributed by atoms with van der Waals surface area (Å²) in [7, 11) is -3.51. The van der Waals surface area contributed by atoms with E-state index in [0.717, 1.165) is 42.9 Å². The Hall–Kier alpha value is -1.87. The molecule has 8 heteroatoms. The molecule has 172 valence electrons. The first kappa shape index (κ1) is 23.3. The van der Waals surface area contributed by atoms with Gasteiger partial charge in [0.1, 0.15) is 0 Å². The third-order valence-corrected chi connectivity index (χ3v) is 9.03. The molecule has 0 saturated carbocycles. The second-order valence-corrected chi connectivity index (χ2v) is 11.5. The summed E-state index contributed by atoms with van der Waals surface area (Å²) in [6.45, 7) is 4.01. The third-order valence-electron chi connectivity index (χ3n) is 5.95. The summed E-state index contributed by atoms with van der Waals surface area (Å²) in [5.74, 6) is 0.988. The monoisotopic (exact) mass is 474 g/mol. The summed E-state index contributed by atoms with van der Waals surface area (Å²) in [4.78, 5) is 14.1. The average Bonchev–Trinajstić information content (AvgIpc) is 3.32. The average molecular weight is 475 g/mol. The molecule has 1 N–H and O–H groups in total. The van der Waals surface area contributed by atoms with Crippen LogP contribution in [0, 0.1) is 5.92 Å². The number of carbonyl (C=O) groups excluding carboxylic acids is 1. The van der Waals surface area contributed by atoms with E-state index in [9.17, 15) is 13.2 Å². The van der Waals surface area contributed by atoms with E-state index in [1.165, 1.54) is 0 Å². The van der Waals surface area contributed by atoms with Crippen molar-refractivity contribution in [2.45, 2.75) is 48.5 Å². The van der Waals surface area contributed by atoms with Crippen LogP contribution in [0.1, 0.15) is 43.0 Å². The molecule has 0 radical (unpaired) electrons. The molecule has 0 bridgehead atoms. The smallest absolute Gasteiger partial charge is 0.256 e. The Kier molecular flexibility index (Phi) is 7.55. The summed E-state index contributed by atoms with van der Waals surface area (Å²) >= 11 is 1.63. The van der Waals surface area contributed by atoms with Gasteiger partial charge in [-0.05, 0) is 68.0 Å². The van der Waals surface area contributed by atoms with Gasteiger partial charge in [-0.2, -0.15) is 4.31 Å².